The Morgan fingerprint density at radius 3 is 2.58 bits per heavy atom. The highest BCUT2D eigenvalue weighted by Crippen LogP contribution is 2.23. The summed E-state index contributed by atoms with van der Waals surface area (Å²) in [5, 5.41) is 21.0. The van der Waals surface area contributed by atoms with Crippen molar-refractivity contribution in [3.8, 4) is 0 Å². The largest absolute Gasteiger partial charge is 0.478 e. The predicted octanol–water partition coefficient (Wildman–Crippen LogP) is 1.24. The summed E-state index contributed by atoms with van der Waals surface area (Å²) < 4.78 is 7.15. The summed E-state index contributed by atoms with van der Waals surface area (Å²) >= 11 is 0. The van der Waals surface area contributed by atoms with Crippen LogP contribution in [0, 0.1) is 0 Å². The zero-order valence-corrected chi connectivity index (χ0v) is 12.8. The smallest absolute Gasteiger partial charge is 0.328 e. The molecule has 4 N–H and O–H groups in total. The maximum absolute atomic E-state index is 9.55. The summed E-state index contributed by atoms with van der Waals surface area (Å²) in [5.74, 6) is -2.51. The summed E-state index contributed by atoms with van der Waals surface area (Å²) in [6.45, 7) is 2.63. The van der Waals surface area contributed by atoms with Crippen molar-refractivity contribution in [3.63, 3.8) is 0 Å². The predicted molar refractivity (Wildman–Crippen MR) is 85.4 cm³/mol. The first-order valence-electron chi connectivity index (χ1n) is 6.95. The molecule has 2 aromatic heterocycles. The Morgan fingerprint density at radius 2 is 2.00 bits per heavy atom. The van der Waals surface area contributed by atoms with E-state index in [9.17, 15) is 9.59 Å². The second kappa shape index (κ2) is 7.38. The number of nitrogens with zero attached hydrogens (tertiary/aromatic N) is 3. The molecule has 126 valence electrons. The van der Waals surface area contributed by atoms with Gasteiger partial charge in [-0.1, -0.05) is 0 Å². The molecule has 1 atom stereocenters. The fourth-order valence-corrected chi connectivity index (χ4v) is 2.05. The van der Waals surface area contributed by atoms with Crippen LogP contribution in [-0.4, -0.2) is 43.0 Å². The molecule has 0 saturated heterocycles. The van der Waals surface area contributed by atoms with Gasteiger partial charge in [0.05, 0.1) is 18.3 Å². The first kappa shape index (κ1) is 17.2. The summed E-state index contributed by atoms with van der Waals surface area (Å²) in [6.07, 6.45) is 4.39. The minimum atomic E-state index is -1.26. The van der Waals surface area contributed by atoms with Crippen molar-refractivity contribution in [2.75, 3.05) is 0 Å². The minimum absolute atomic E-state index is 0.0604. The highest BCUT2D eigenvalue weighted by Gasteiger charge is 2.11. The molecule has 0 aliphatic carbocycles. The lowest BCUT2D eigenvalue weighted by atomic mass is 10.2. The molecule has 0 radical (unpaired) electrons. The third kappa shape index (κ3) is 4.17. The van der Waals surface area contributed by atoms with E-state index in [1.807, 2.05) is 29.9 Å². The highest BCUT2D eigenvalue weighted by molar-refractivity contribution is 6.00. The van der Waals surface area contributed by atoms with Crippen LogP contribution in [0.3, 0.4) is 0 Å². The van der Waals surface area contributed by atoms with Gasteiger partial charge in [-0.2, -0.15) is 5.10 Å². The molecule has 0 fully saturated rings. The van der Waals surface area contributed by atoms with Gasteiger partial charge in [0.2, 0.25) is 0 Å². The van der Waals surface area contributed by atoms with Crippen LogP contribution >= 0.6 is 0 Å². The summed E-state index contributed by atoms with van der Waals surface area (Å²) in [5.41, 5.74) is 8.40. The fraction of sp³-hybridized carbons (Fsp3) is 0.200. The van der Waals surface area contributed by atoms with Gasteiger partial charge in [0.25, 0.3) is 0 Å². The first-order chi connectivity index (χ1) is 11.4. The van der Waals surface area contributed by atoms with Crippen LogP contribution in [0.2, 0.25) is 0 Å². The third-order valence-electron chi connectivity index (χ3n) is 2.93. The normalized spacial score (nSPS) is 12.2. The molecule has 2 heterocycles. The number of oxazole rings is 1. The maximum Gasteiger partial charge on any atom is 0.328 e. The van der Waals surface area contributed by atoms with E-state index in [0.717, 1.165) is 22.0 Å². The van der Waals surface area contributed by atoms with Crippen molar-refractivity contribution in [1.29, 1.82) is 0 Å². The first-order valence-corrected chi connectivity index (χ1v) is 6.95. The second-order valence-electron chi connectivity index (χ2n) is 5.02. The zero-order valence-electron chi connectivity index (χ0n) is 12.8. The van der Waals surface area contributed by atoms with Gasteiger partial charge in [0.1, 0.15) is 5.52 Å². The van der Waals surface area contributed by atoms with E-state index in [1.165, 1.54) is 6.39 Å². The third-order valence-corrected chi connectivity index (χ3v) is 2.93. The Balaban J connectivity index is 0.000000224. The number of aromatic nitrogens is 3. The lowest BCUT2D eigenvalue weighted by Crippen LogP contribution is -2.22. The van der Waals surface area contributed by atoms with Gasteiger partial charge in [0, 0.05) is 23.6 Å². The molecule has 9 nitrogen and oxygen atoms in total. The van der Waals surface area contributed by atoms with Crippen molar-refractivity contribution < 1.29 is 24.2 Å². The number of aliphatic carboxylic acids is 2. The van der Waals surface area contributed by atoms with Crippen LogP contribution in [0.4, 0.5) is 0 Å². The Labute approximate surface area is 136 Å². The number of hydrogen-bond donors (Lipinski definition) is 3. The van der Waals surface area contributed by atoms with Crippen LogP contribution in [0.15, 0.2) is 41.3 Å². The standard InChI is InChI=1S/C11H12N4O.C4H4O4/c1-7(12)5-15-11-8(4-14-15)2-3-9-10(11)13-6-16-9;5-3(6)1-2-4(7)8/h2-4,6-7H,5,12H2,1H3;1-2H,(H,5,6)(H,7,8)/t7-;/m0./s1. The van der Waals surface area contributed by atoms with E-state index >= 15 is 0 Å². The number of hydrogen-bond acceptors (Lipinski definition) is 6. The van der Waals surface area contributed by atoms with E-state index in [-0.39, 0.29) is 6.04 Å². The molecule has 3 aromatic rings. The van der Waals surface area contributed by atoms with Crippen molar-refractivity contribution in [2.24, 2.45) is 5.73 Å². The van der Waals surface area contributed by atoms with E-state index in [1.54, 1.807) is 0 Å². The summed E-state index contributed by atoms with van der Waals surface area (Å²) in [6, 6.07) is 3.95. The molecule has 0 saturated carbocycles. The lowest BCUT2D eigenvalue weighted by molar-refractivity contribution is -0.134. The minimum Gasteiger partial charge on any atom is -0.478 e. The molecule has 0 aliphatic heterocycles. The Bertz CT molecular complexity index is 878. The average molecular weight is 332 g/mol. The molecule has 3 rings (SSSR count). The fourth-order valence-electron chi connectivity index (χ4n) is 2.05. The molecular formula is C15H16N4O5. The molecule has 0 aliphatic rings. The van der Waals surface area contributed by atoms with Gasteiger partial charge in [-0.15, -0.1) is 0 Å². The van der Waals surface area contributed by atoms with Gasteiger partial charge >= 0.3 is 11.9 Å². The number of carboxylic acids is 2. The van der Waals surface area contributed by atoms with E-state index in [2.05, 4.69) is 10.1 Å². The molecule has 0 spiro atoms. The lowest BCUT2D eigenvalue weighted by Gasteiger charge is -2.06. The van der Waals surface area contributed by atoms with Crippen LogP contribution in [-0.2, 0) is 16.1 Å². The van der Waals surface area contributed by atoms with Crippen molar-refractivity contribution in [2.45, 2.75) is 19.5 Å². The van der Waals surface area contributed by atoms with Crippen LogP contribution in [0.25, 0.3) is 22.0 Å². The quantitative estimate of drug-likeness (QED) is 0.605. The summed E-state index contributed by atoms with van der Waals surface area (Å²) in [7, 11) is 0. The van der Waals surface area contributed by atoms with Crippen LogP contribution < -0.4 is 5.73 Å². The van der Waals surface area contributed by atoms with Gasteiger partial charge in [0.15, 0.2) is 12.0 Å². The Morgan fingerprint density at radius 1 is 1.33 bits per heavy atom. The maximum atomic E-state index is 9.55. The molecule has 1 aromatic carbocycles. The molecular weight excluding hydrogens is 316 g/mol. The SMILES string of the molecule is C[C@H](N)Cn1ncc2ccc3ocnc3c21.O=C(O)C=CC(=O)O. The number of nitrogens with two attached hydrogens (primary N) is 1. The highest BCUT2D eigenvalue weighted by atomic mass is 16.4. The average Bonchev–Trinajstić information content (AvgIpc) is 3.11. The van der Waals surface area contributed by atoms with Gasteiger partial charge in [-0.3, -0.25) is 4.68 Å². The van der Waals surface area contributed by atoms with E-state index in [0.29, 0.717) is 18.7 Å². The second-order valence-corrected chi connectivity index (χ2v) is 5.02. The van der Waals surface area contributed by atoms with E-state index < -0.39 is 11.9 Å². The Kier molecular flexibility index (Phi) is 5.27. The van der Waals surface area contributed by atoms with Crippen molar-refractivity contribution >= 4 is 33.9 Å². The van der Waals surface area contributed by atoms with Crippen molar-refractivity contribution in [1.82, 2.24) is 14.8 Å². The zero-order chi connectivity index (χ0) is 17.7. The van der Waals surface area contributed by atoms with Crippen molar-refractivity contribution in [3.05, 3.63) is 36.9 Å². The van der Waals surface area contributed by atoms with Gasteiger partial charge < -0.3 is 20.4 Å². The molecule has 0 amide bonds. The van der Waals surface area contributed by atoms with Crippen LogP contribution in [0.1, 0.15) is 6.92 Å². The molecule has 0 unspecified atom stereocenters. The number of benzene rings is 1. The molecule has 24 heavy (non-hydrogen) atoms. The summed E-state index contributed by atoms with van der Waals surface area (Å²) in [4.78, 5) is 23.3. The number of carbonyl (C=O) groups is 2. The molecule has 9 heteroatoms. The number of fused-ring (bicyclic) bond motifs is 3. The number of carboxylic acid groups (broad SMARTS) is 2. The van der Waals surface area contributed by atoms with Crippen LogP contribution in [0.5, 0.6) is 0 Å². The van der Waals surface area contributed by atoms with E-state index in [4.69, 9.17) is 20.4 Å². The van der Waals surface area contributed by atoms with Gasteiger partial charge in [-0.25, -0.2) is 14.6 Å². The number of rotatable bonds is 4. The Hall–Kier alpha value is -3.20. The van der Waals surface area contributed by atoms with Gasteiger partial charge in [-0.05, 0) is 19.1 Å². The monoisotopic (exact) mass is 332 g/mol. The topological polar surface area (TPSA) is 144 Å². The molecule has 0 bridgehead atoms.